The fraction of sp³-hybridized carbons (Fsp3) is 0.143. The van der Waals surface area contributed by atoms with Gasteiger partial charge in [-0.15, -0.1) is 0 Å². The molecule has 0 spiro atoms. The van der Waals surface area contributed by atoms with Crippen molar-refractivity contribution in [2.24, 2.45) is 5.14 Å². The minimum absolute atomic E-state index is 0.140. The van der Waals surface area contributed by atoms with Crippen molar-refractivity contribution >= 4 is 41.9 Å². The van der Waals surface area contributed by atoms with Crippen LogP contribution in [-0.2, 0) is 10.0 Å². The molecule has 1 aromatic carbocycles. The number of primary sulfonamides is 1. The predicted octanol–water partition coefficient (Wildman–Crippen LogP) is 2.46. The first-order valence-electron chi connectivity index (χ1n) is 3.68. The van der Waals surface area contributed by atoms with Gasteiger partial charge >= 0.3 is 6.61 Å². The maximum Gasteiger partial charge on any atom is 0.387 e. The first-order chi connectivity index (χ1) is 7.21. The predicted molar refractivity (Wildman–Crippen MR) is 59.8 cm³/mol. The number of hydrogen-bond donors (Lipinski definition) is 1. The Balaban J connectivity index is 3.38. The molecule has 0 aliphatic heterocycles. The van der Waals surface area contributed by atoms with Crippen molar-refractivity contribution in [2.45, 2.75) is 11.5 Å². The highest BCUT2D eigenvalue weighted by atomic mass is 79.9. The average molecular weight is 381 g/mol. The van der Waals surface area contributed by atoms with Crippen molar-refractivity contribution in [3.05, 3.63) is 21.1 Å². The van der Waals surface area contributed by atoms with E-state index >= 15 is 0 Å². The van der Waals surface area contributed by atoms with Gasteiger partial charge in [0.1, 0.15) is 10.6 Å². The molecule has 0 aliphatic carbocycles. The zero-order chi connectivity index (χ0) is 12.5. The normalized spacial score (nSPS) is 11.9. The molecule has 16 heavy (non-hydrogen) atoms. The summed E-state index contributed by atoms with van der Waals surface area (Å²) >= 11 is 5.81. The first kappa shape index (κ1) is 13.8. The summed E-state index contributed by atoms with van der Waals surface area (Å²) in [7, 11) is -4.02. The molecule has 0 aliphatic rings. The Hall–Kier alpha value is -0.250. The van der Waals surface area contributed by atoms with Gasteiger partial charge in [-0.3, -0.25) is 0 Å². The van der Waals surface area contributed by atoms with Gasteiger partial charge in [0.25, 0.3) is 0 Å². The average Bonchev–Trinajstić information content (AvgIpc) is 2.07. The molecular weight excluding hydrogens is 376 g/mol. The molecule has 0 saturated heterocycles. The van der Waals surface area contributed by atoms with Crippen LogP contribution in [0.15, 0.2) is 26.0 Å². The Labute approximate surface area is 107 Å². The van der Waals surface area contributed by atoms with E-state index in [0.29, 0.717) is 0 Å². The lowest BCUT2D eigenvalue weighted by Gasteiger charge is -2.10. The summed E-state index contributed by atoms with van der Waals surface area (Å²) in [5.74, 6) is -0.312. The highest BCUT2D eigenvalue weighted by Crippen LogP contribution is 2.35. The van der Waals surface area contributed by atoms with Crippen LogP contribution in [-0.4, -0.2) is 15.0 Å². The lowest BCUT2D eigenvalue weighted by Crippen LogP contribution is -2.14. The Morgan fingerprint density at radius 1 is 1.31 bits per heavy atom. The molecule has 0 amide bonds. The van der Waals surface area contributed by atoms with Crippen molar-refractivity contribution in [1.29, 1.82) is 0 Å². The van der Waals surface area contributed by atoms with Gasteiger partial charge in [-0.05, 0) is 28.1 Å². The van der Waals surface area contributed by atoms with Crippen LogP contribution in [0.2, 0.25) is 0 Å². The standard InChI is InChI=1S/C7H5Br2F2NO3S/c8-3-1-4(15-7(10)11)6(9)5(2-3)16(12,13)14/h1-2,7H,(H2,12,13,14). The largest absolute Gasteiger partial charge is 0.434 e. The van der Waals surface area contributed by atoms with Crippen LogP contribution in [0.5, 0.6) is 5.75 Å². The quantitative estimate of drug-likeness (QED) is 0.875. The van der Waals surface area contributed by atoms with E-state index in [4.69, 9.17) is 5.14 Å². The highest BCUT2D eigenvalue weighted by Gasteiger charge is 2.19. The lowest BCUT2D eigenvalue weighted by atomic mass is 10.3. The van der Waals surface area contributed by atoms with Crippen LogP contribution in [0, 0.1) is 0 Å². The van der Waals surface area contributed by atoms with Crippen LogP contribution >= 0.6 is 31.9 Å². The van der Waals surface area contributed by atoms with Crippen LogP contribution in [0.3, 0.4) is 0 Å². The van der Waals surface area contributed by atoms with Crippen molar-refractivity contribution in [2.75, 3.05) is 0 Å². The number of ether oxygens (including phenoxy) is 1. The number of alkyl halides is 2. The molecule has 0 bridgehead atoms. The summed E-state index contributed by atoms with van der Waals surface area (Å²) in [6.45, 7) is -3.06. The van der Waals surface area contributed by atoms with E-state index in [1.165, 1.54) is 12.1 Å². The molecule has 9 heteroatoms. The van der Waals surface area contributed by atoms with Crippen LogP contribution < -0.4 is 9.88 Å². The van der Waals surface area contributed by atoms with E-state index in [1.54, 1.807) is 0 Å². The van der Waals surface area contributed by atoms with Gasteiger partial charge in [0, 0.05) is 4.47 Å². The number of benzene rings is 1. The minimum Gasteiger partial charge on any atom is -0.434 e. The van der Waals surface area contributed by atoms with E-state index in [9.17, 15) is 17.2 Å². The topological polar surface area (TPSA) is 69.4 Å². The van der Waals surface area contributed by atoms with Crippen molar-refractivity contribution in [3.63, 3.8) is 0 Å². The SMILES string of the molecule is NS(=O)(=O)c1cc(Br)cc(OC(F)F)c1Br. The molecule has 0 fully saturated rings. The maximum atomic E-state index is 12.0. The summed E-state index contributed by atoms with van der Waals surface area (Å²) in [4.78, 5) is -0.336. The van der Waals surface area contributed by atoms with Crippen molar-refractivity contribution in [3.8, 4) is 5.75 Å². The highest BCUT2D eigenvalue weighted by molar-refractivity contribution is 9.11. The van der Waals surface area contributed by atoms with E-state index in [0.717, 1.165) is 0 Å². The first-order valence-corrected chi connectivity index (χ1v) is 6.81. The van der Waals surface area contributed by atoms with Gasteiger partial charge in [0.2, 0.25) is 10.0 Å². The van der Waals surface area contributed by atoms with Gasteiger partial charge in [-0.1, -0.05) is 15.9 Å². The third-order valence-corrected chi connectivity index (χ3v) is 3.97. The molecule has 2 N–H and O–H groups in total. The van der Waals surface area contributed by atoms with Crippen molar-refractivity contribution < 1.29 is 21.9 Å². The summed E-state index contributed by atoms with van der Waals surface area (Å²) < 4.78 is 50.5. The van der Waals surface area contributed by atoms with Crippen molar-refractivity contribution in [1.82, 2.24) is 0 Å². The number of halogens is 4. The summed E-state index contributed by atoms with van der Waals surface area (Å²) in [5, 5.41) is 4.90. The lowest BCUT2D eigenvalue weighted by molar-refractivity contribution is -0.0505. The van der Waals surface area contributed by atoms with Crippen LogP contribution in [0.4, 0.5) is 8.78 Å². The van der Waals surface area contributed by atoms with Gasteiger partial charge in [-0.2, -0.15) is 8.78 Å². The molecule has 0 heterocycles. The third-order valence-electron chi connectivity index (χ3n) is 1.49. The number of rotatable bonds is 3. The fourth-order valence-corrected chi connectivity index (χ4v) is 3.16. The van der Waals surface area contributed by atoms with Crippen LogP contribution in [0.25, 0.3) is 0 Å². The smallest absolute Gasteiger partial charge is 0.387 e. The molecule has 0 aromatic heterocycles. The second kappa shape index (κ2) is 4.94. The van der Waals surface area contributed by atoms with Gasteiger partial charge in [-0.25, -0.2) is 13.6 Å². The van der Waals surface area contributed by atoms with Crippen LogP contribution in [0.1, 0.15) is 0 Å². The van der Waals surface area contributed by atoms with E-state index in [2.05, 4.69) is 36.6 Å². The van der Waals surface area contributed by atoms with Gasteiger partial charge in [0.15, 0.2) is 0 Å². The van der Waals surface area contributed by atoms with Gasteiger partial charge in [0.05, 0.1) is 4.47 Å². The third kappa shape index (κ3) is 3.37. The molecule has 0 atom stereocenters. The zero-order valence-corrected chi connectivity index (χ0v) is 11.4. The molecule has 4 nitrogen and oxygen atoms in total. The Bertz CT molecular complexity index is 507. The summed E-state index contributed by atoms with van der Waals surface area (Å²) in [6, 6.07) is 2.38. The molecule has 0 saturated carbocycles. The molecular formula is C7H5Br2F2NO3S. The molecule has 0 unspecified atom stereocenters. The Kier molecular flexibility index (Phi) is 4.27. The molecule has 1 aromatic rings. The molecule has 90 valence electrons. The second-order valence-electron chi connectivity index (χ2n) is 2.64. The number of sulfonamides is 1. The van der Waals surface area contributed by atoms with E-state index in [1.807, 2.05) is 0 Å². The van der Waals surface area contributed by atoms with E-state index in [-0.39, 0.29) is 19.6 Å². The Morgan fingerprint density at radius 3 is 2.31 bits per heavy atom. The summed E-state index contributed by atoms with van der Waals surface area (Å²) in [5.41, 5.74) is 0. The monoisotopic (exact) mass is 379 g/mol. The minimum atomic E-state index is -4.02. The summed E-state index contributed by atoms with van der Waals surface area (Å²) in [6.07, 6.45) is 0. The number of nitrogens with two attached hydrogens (primary N) is 1. The fourth-order valence-electron chi connectivity index (χ4n) is 0.929. The molecule has 0 radical (unpaired) electrons. The zero-order valence-electron chi connectivity index (χ0n) is 7.45. The van der Waals surface area contributed by atoms with E-state index < -0.39 is 16.6 Å². The second-order valence-corrected chi connectivity index (χ2v) is 5.88. The van der Waals surface area contributed by atoms with Gasteiger partial charge < -0.3 is 4.74 Å². The maximum absolute atomic E-state index is 12.0. The molecule has 1 rings (SSSR count). The number of hydrogen-bond acceptors (Lipinski definition) is 3. The Morgan fingerprint density at radius 2 is 1.88 bits per heavy atom.